The van der Waals surface area contributed by atoms with Crippen molar-refractivity contribution in [3.63, 3.8) is 0 Å². The van der Waals surface area contributed by atoms with Crippen LogP contribution in [0.2, 0.25) is 0 Å². The molecule has 5 nitrogen and oxygen atoms in total. The van der Waals surface area contributed by atoms with Crippen molar-refractivity contribution in [2.75, 3.05) is 5.73 Å². The Morgan fingerprint density at radius 2 is 1.59 bits per heavy atom. The van der Waals surface area contributed by atoms with Gasteiger partial charge in [0.15, 0.2) is 0 Å². The Morgan fingerprint density at radius 3 is 1.97 bits per heavy atom. The van der Waals surface area contributed by atoms with Gasteiger partial charge in [-0.15, -0.1) is 0 Å². The zero-order chi connectivity index (χ0) is 22.4. The van der Waals surface area contributed by atoms with Crippen LogP contribution in [0, 0.1) is 5.41 Å². The quantitative estimate of drug-likeness (QED) is 0.720. The highest BCUT2D eigenvalue weighted by Gasteiger charge is 2.37. The molecule has 0 aliphatic carbocycles. The largest absolute Gasteiger partial charge is 0.416 e. The standard InChI is InChI=1S/C18H20F6N4O/c1-16(2,3)13(9-4-6-10(7-5-9)18(22,23)24)28-14(25)12(15(26)29)11(27-28)8-17(19,20)21/h4-7,13H,8,25H2,1-3H3,(H2,26,29). The fourth-order valence-electron chi connectivity index (χ4n) is 3.14. The predicted molar refractivity (Wildman–Crippen MR) is 94.0 cm³/mol. The van der Waals surface area contributed by atoms with Crippen molar-refractivity contribution in [3.8, 4) is 0 Å². The molecule has 1 unspecified atom stereocenters. The molecule has 1 amide bonds. The second kappa shape index (κ2) is 7.27. The molecule has 11 heteroatoms. The van der Waals surface area contributed by atoms with Gasteiger partial charge in [-0.05, 0) is 23.1 Å². The molecule has 1 aromatic carbocycles. The first kappa shape index (κ1) is 22.6. The van der Waals surface area contributed by atoms with Crippen LogP contribution in [0.1, 0.15) is 54.0 Å². The number of rotatable bonds is 4. The van der Waals surface area contributed by atoms with E-state index in [0.717, 1.165) is 16.8 Å². The summed E-state index contributed by atoms with van der Waals surface area (Å²) in [7, 11) is 0. The van der Waals surface area contributed by atoms with Crippen LogP contribution in [0.25, 0.3) is 0 Å². The van der Waals surface area contributed by atoms with Crippen molar-refractivity contribution in [2.45, 2.75) is 45.6 Å². The van der Waals surface area contributed by atoms with Gasteiger partial charge in [0.05, 0.1) is 23.7 Å². The molecule has 4 N–H and O–H groups in total. The minimum absolute atomic E-state index is 0.328. The number of anilines is 1. The summed E-state index contributed by atoms with van der Waals surface area (Å²) in [6, 6.07) is 3.27. The lowest BCUT2D eigenvalue weighted by molar-refractivity contribution is -0.137. The summed E-state index contributed by atoms with van der Waals surface area (Å²) in [6.45, 7) is 5.14. The molecule has 2 rings (SSSR count). The van der Waals surface area contributed by atoms with E-state index in [0.29, 0.717) is 5.56 Å². The lowest BCUT2D eigenvalue weighted by atomic mass is 9.82. The summed E-state index contributed by atoms with van der Waals surface area (Å²) >= 11 is 0. The third-order valence-corrected chi connectivity index (χ3v) is 4.25. The molecule has 0 aliphatic rings. The van der Waals surface area contributed by atoms with Gasteiger partial charge in [0.1, 0.15) is 11.4 Å². The number of primary amides is 1. The van der Waals surface area contributed by atoms with E-state index in [9.17, 15) is 31.1 Å². The maximum atomic E-state index is 12.9. The smallest absolute Gasteiger partial charge is 0.383 e. The van der Waals surface area contributed by atoms with Crippen molar-refractivity contribution in [1.82, 2.24) is 9.78 Å². The molecule has 29 heavy (non-hydrogen) atoms. The molecule has 0 bridgehead atoms. The zero-order valence-electron chi connectivity index (χ0n) is 15.8. The third kappa shape index (κ3) is 5.01. The van der Waals surface area contributed by atoms with Crippen molar-refractivity contribution >= 4 is 11.7 Å². The van der Waals surface area contributed by atoms with Gasteiger partial charge in [-0.1, -0.05) is 32.9 Å². The number of carbonyl (C=O) groups is 1. The van der Waals surface area contributed by atoms with Gasteiger partial charge in [0.2, 0.25) is 0 Å². The summed E-state index contributed by atoms with van der Waals surface area (Å²) in [5.74, 6) is -1.55. The minimum atomic E-state index is -4.67. The first-order chi connectivity index (χ1) is 13.0. The first-order valence-corrected chi connectivity index (χ1v) is 8.43. The summed E-state index contributed by atoms with van der Waals surface area (Å²) in [5, 5.41) is 3.88. The Balaban J connectivity index is 2.65. The summed E-state index contributed by atoms with van der Waals surface area (Å²) in [6.07, 6.45) is -10.7. The molecular weight excluding hydrogens is 402 g/mol. The normalized spacial score (nSPS) is 14.1. The van der Waals surface area contributed by atoms with Crippen LogP contribution in [0.15, 0.2) is 24.3 Å². The Kier molecular flexibility index (Phi) is 5.66. The number of carbonyl (C=O) groups excluding carboxylic acids is 1. The SMILES string of the molecule is CC(C)(C)C(c1ccc(C(F)(F)F)cc1)n1nc(CC(F)(F)F)c(C(N)=O)c1N. The summed E-state index contributed by atoms with van der Waals surface area (Å²) in [4.78, 5) is 11.7. The second-order valence-electron chi connectivity index (χ2n) is 7.70. The molecule has 0 saturated carbocycles. The van der Waals surface area contributed by atoms with Gasteiger partial charge in [0.25, 0.3) is 5.91 Å². The van der Waals surface area contributed by atoms with Crippen molar-refractivity contribution in [2.24, 2.45) is 11.1 Å². The maximum absolute atomic E-state index is 12.9. The highest BCUT2D eigenvalue weighted by Crippen LogP contribution is 2.40. The molecule has 160 valence electrons. The van der Waals surface area contributed by atoms with E-state index in [1.807, 2.05) is 0 Å². The Morgan fingerprint density at radius 1 is 1.07 bits per heavy atom. The molecule has 0 radical (unpaired) electrons. The van der Waals surface area contributed by atoms with Crippen LogP contribution in [-0.2, 0) is 12.6 Å². The number of halogens is 6. The molecule has 0 saturated heterocycles. The Bertz CT molecular complexity index is 891. The van der Waals surface area contributed by atoms with Gasteiger partial charge in [0, 0.05) is 0 Å². The van der Waals surface area contributed by atoms with Gasteiger partial charge in [-0.25, -0.2) is 4.68 Å². The van der Waals surface area contributed by atoms with Crippen LogP contribution in [0.5, 0.6) is 0 Å². The third-order valence-electron chi connectivity index (χ3n) is 4.25. The summed E-state index contributed by atoms with van der Waals surface area (Å²) in [5.41, 5.74) is 8.64. The summed E-state index contributed by atoms with van der Waals surface area (Å²) < 4.78 is 78.2. The topological polar surface area (TPSA) is 86.9 Å². The second-order valence-corrected chi connectivity index (χ2v) is 7.70. The number of aromatic nitrogens is 2. The number of nitrogens with two attached hydrogens (primary N) is 2. The van der Waals surface area contributed by atoms with E-state index in [4.69, 9.17) is 11.5 Å². The van der Waals surface area contributed by atoms with Crippen LogP contribution in [0.3, 0.4) is 0 Å². The Labute approximate surface area is 162 Å². The molecule has 0 aliphatic heterocycles. The lowest BCUT2D eigenvalue weighted by Gasteiger charge is -2.32. The minimum Gasteiger partial charge on any atom is -0.383 e. The van der Waals surface area contributed by atoms with E-state index >= 15 is 0 Å². The molecule has 1 atom stereocenters. The molecule has 1 aromatic heterocycles. The van der Waals surface area contributed by atoms with Crippen molar-refractivity contribution < 1.29 is 31.1 Å². The highest BCUT2D eigenvalue weighted by atomic mass is 19.4. The number of benzene rings is 1. The number of hydrogen-bond donors (Lipinski definition) is 2. The average Bonchev–Trinajstić information content (AvgIpc) is 2.80. The van der Waals surface area contributed by atoms with Crippen LogP contribution >= 0.6 is 0 Å². The number of nitrogen functional groups attached to an aromatic ring is 1. The zero-order valence-corrected chi connectivity index (χ0v) is 15.8. The fourth-order valence-corrected chi connectivity index (χ4v) is 3.14. The number of hydrogen-bond acceptors (Lipinski definition) is 3. The number of alkyl halides is 6. The number of amides is 1. The van der Waals surface area contributed by atoms with Gasteiger partial charge in [-0.2, -0.15) is 31.4 Å². The van der Waals surface area contributed by atoms with E-state index < -0.39 is 53.0 Å². The Hall–Kier alpha value is -2.72. The van der Waals surface area contributed by atoms with Gasteiger partial charge in [-0.3, -0.25) is 4.79 Å². The van der Waals surface area contributed by atoms with Gasteiger partial charge < -0.3 is 11.5 Å². The lowest BCUT2D eigenvalue weighted by Crippen LogP contribution is -2.28. The van der Waals surface area contributed by atoms with E-state index in [1.165, 1.54) is 12.1 Å². The first-order valence-electron chi connectivity index (χ1n) is 8.43. The number of nitrogens with zero attached hydrogens (tertiary/aromatic N) is 2. The van der Waals surface area contributed by atoms with E-state index in [-0.39, 0.29) is 5.82 Å². The van der Waals surface area contributed by atoms with Crippen molar-refractivity contribution in [3.05, 3.63) is 46.6 Å². The maximum Gasteiger partial charge on any atom is 0.416 e. The molecule has 1 heterocycles. The molecule has 0 fully saturated rings. The molecule has 0 spiro atoms. The van der Waals surface area contributed by atoms with Crippen LogP contribution in [-0.4, -0.2) is 21.9 Å². The molecular formula is C18H20F6N4O. The van der Waals surface area contributed by atoms with Gasteiger partial charge >= 0.3 is 12.4 Å². The van der Waals surface area contributed by atoms with Crippen LogP contribution < -0.4 is 11.5 Å². The highest BCUT2D eigenvalue weighted by molar-refractivity contribution is 5.98. The monoisotopic (exact) mass is 422 g/mol. The van der Waals surface area contributed by atoms with Crippen molar-refractivity contribution in [1.29, 1.82) is 0 Å². The van der Waals surface area contributed by atoms with Crippen LogP contribution in [0.4, 0.5) is 32.2 Å². The van der Waals surface area contributed by atoms with E-state index in [2.05, 4.69) is 5.10 Å². The fraction of sp³-hybridized carbons (Fsp3) is 0.444. The van der Waals surface area contributed by atoms with E-state index in [1.54, 1.807) is 20.8 Å². The predicted octanol–water partition coefficient (Wildman–Crippen LogP) is 4.32. The average molecular weight is 422 g/mol. The molecule has 2 aromatic rings.